The number of hydrogen-bond donors (Lipinski definition) is 1. The van der Waals surface area contributed by atoms with Crippen LogP contribution in [0.15, 0.2) is 70.0 Å². The third kappa shape index (κ3) is 5.32. The van der Waals surface area contributed by atoms with Crippen molar-refractivity contribution in [1.82, 2.24) is 0 Å². The maximum atomic E-state index is 14.1. The predicted octanol–water partition coefficient (Wildman–Crippen LogP) is 5.35. The topological polar surface area (TPSA) is 66.5 Å². The Morgan fingerprint density at radius 1 is 0.968 bits per heavy atom. The molecule has 1 amide bonds. The third-order valence-corrected chi connectivity index (χ3v) is 6.99. The summed E-state index contributed by atoms with van der Waals surface area (Å²) < 4.78 is 42.6. The van der Waals surface area contributed by atoms with E-state index in [-0.39, 0.29) is 10.6 Å². The highest BCUT2D eigenvalue weighted by Crippen LogP contribution is 2.28. The van der Waals surface area contributed by atoms with Crippen molar-refractivity contribution in [3.8, 4) is 0 Å². The summed E-state index contributed by atoms with van der Waals surface area (Å²) in [7, 11) is -4.04. The van der Waals surface area contributed by atoms with Crippen molar-refractivity contribution < 1.29 is 17.6 Å². The molecular weight excluding hydrogens is 483 g/mol. The second-order valence-corrected chi connectivity index (χ2v) is 10.1. The van der Waals surface area contributed by atoms with Crippen LogP contribution in [0.5, 0.6) is 0 Å². The van der Waals surface area contributed by atoms with E-state index in [1.54, 1.807) is 37.3 Å². The molecule has 0 bridgehead atoms. The molecule has 0 aliphatic carbocycles. The van der Waals surface area contributed by atoms with E-state index in [0.29, 0.717) is 15.7 Å². The second kappa shape index (κ2) is 9.20. The van der Waals surface area contributed by atoms with Crippen molar-refractivity contribution in [3.05, 3.63) is 87.6 Å². The highest BCUT2D eigenvalue weighted by molar-refractivity contribution is 9.10. The molecule has 5 nitrogen and oxygen atoms in total. The Morgan fingerprint density at radius 2 is 1.61 bits per heavy atom. The van der Waals surface area contributed by atoms with Crippen molar-refractivity contribution in [2.75, 3.05) is 16.2 Å². The fourth-order valence-corrected chi connectivity index (χ4v) is 4.95. The Balaban J connectivity index is 1.99. The minimum absolute atomic E-state index is 0.0264. The summed E-state index contributed by atoms with van der Waals surface area (Å²) in [5.41, 5.74) is 2.95. The molecule has 0 saturated carbocycles. The average Bonchev–Trinajstić information content (AvgIpc) is 2.69. The molecule has 0 aliphatic rings. The van der Waals surface area contributed by atoms with Crippen LogP contribution in [-0.4, -0.2) is 20.9 Å². The number of rotatable bonds is 6. The van der Waals surface area contributed by atoms with E-state index in [1.807, 2.05) is 19.9 Å². The van der Waals surface area contributed by atoms with Crippen molar-refractivity contribution in [3.63, 3.8) is 0 Å². The average molecular weight is 505 g/mol. The fraction of sp³-hybridized carbons (Fsp3) is 0.174. The van der Waals surface area contributed by atoms with Crippen LogP contribution in [0.25, 0.3) is 0 Å². The Kier molecular flexibility index (Phi) is 6.81. The summed E-state index contributed by atoms with van der Waals surface area (Å²) in [5, 5.41) is 2.46. The predicted molar refractivity (Wildman–Crippen MR) is 124 cm³/mol. The molecule has 0 atom stereocenters. The first kappa shape index (κ1) is 23.0. The zero-order valence-electron chi connectivity index (χ0n) is 17.3. The summed E-state index contributed by atoms with van der Waals surface area (Å²) >= 11 is 3.16. The number of halogens is 2. The Labute approximate surface area is 190 Å². The molecular formula is C23H22BrFN2O3S. The molecule has 3 aromatic carbocycles. The SMILES string of the molecule is Cc1ccc(S(=O)(=O)N(CC(=O)Nc2ccc(Br)cc2F)c2ccc(C)cc2C)cc1. The van der Waals surface area contributed by atoms with Crippen LogP contribution in [0.3, 0.4) is 0 Å². The molecule has 0 heterocycles. The van der Waals surface area contributed by atoms with Crippen molar-refractivity contribution in [2.24, 2.45) is 0 Å². The Hall–Kier alpha value is -2.71. The zero-order valence-corrected chi connectivity index (χ0v) is 19.7. The molecule has 8 heteroatoms. The second-order valence-electron chi connectivity index (χ2n) is 7.29. The molecule has 0 aliphatic heterocycles. The first-order valence-corrected chi connectivity index (χ1v) is 11.7. The third-order valence-electron chi connectivity index (χ3n) is 4.72. The number of amides is 1. The van der Waals surface area contributed by atoms with Gasteiger partial charge in [0.2, 0.25) is 5.91 Å². The van der Waals surface area contributed by atoms with Crippen LogP contribution >= 0.6 is 15.9 Å². The van der Waals surface area contributed by atoms with Gasteiger partial charge in [0.1, 0.15) is 12.4 Å². The molecule has 0 aromatic heterocycles. The number of nitrogens with one attached hydrogen (secondary N) is 1. The lowest BCUT2D eigenvalue weighted by atomic mass is 10.1. The van der Waals surface area contributed by atoms with Gasteiger partial charge >= 0.3 is 0 Å². The van der Waals surface area contributed by atoms with Gasteiger partial charge in [0.05, 0.1) is 16.3 Å². The summed E-state index contributed by atoms with van der Waals surface area (Å²) in [6.07, 6.45) is 0. The fourth-order valence-electron chi connectivity index (χ4n) is 3.13. The van der Waals surface area contributed by atoms with Crippen molar-refractivity contribution in [2.45, 2.75) is 25.7 Å². The summed E-state index contributed by atoms with van der Waals surface area (Å²) in [4.78, 5) is 12.8. The highest BCUT2D eigenvalue weighted by Gasteiger charge is 2.28. The lowest BCUT2D eigenvalue weighted by Gasteiger charge is -2.26. The summed E-state index contributed by atoms with van der Waals surface area (Å²) in [6, 6.07) is 15.9. The molecule has 31 heavy (non-hydrogen) atoms. The van der Waals surface area contributed by atoms with Crippen molar-refractivity contribution >= 4 is 43.2 Å². The van der Waals surface area contributed by atoms with E-state index in [0.717, 1.165) is 15.4 Å². The minimum atomic E-state index is -4.04. The maximum absolute atomic E-state index is 14.1. The van der Waals surface area contributed by atoms with E-state index in [1.165, 1.54) is 24.3 Å². The zero-order chi connectivity index (χ0) is 22.8. The van der Waals surface area contributed by atoms with Gasteiger partial charge < -0.3 is 5.32 Å². The van der Waals surface area contributed by atoms with Gasteiger partial charge in [-0.2, -0.15) is 0 Å². The molecule has 3 rings (SSSR count). The largest absolute Gasteiger partial charge is 0.322 e. The summed E-state index contributed by atoms with van der Waals surface area (Å²) in [5.74, 6) is -1.28. The number of hydrogen-bond acceptors (Lipinski definition) is 3. The monoisotopic (exact) mass is 504 g/mol. The smallest absolute Gasteiger partial charge is 0.264 e. The molecule has 0 unspecified atom stereocenters. The molecule has 0 saturated heterocycles. The number of benzene rings is 3. The van der Waals surface area contributed by atoms with Gasteiger partial charge in [-0.3, -0.25) is 9.10 Å². The van der Waals surface area contributed by atoms with Gasteiger partial charge in [0, 0.05) is 4.47 Å². The highest BCUT2D eigenvalue weighted by atomic mass is 79.9. The van der Waals surface area contributed by atoms with Crippen molar-refractivity contribution in [1.29, 1.82) is 0 Å². The normalized spacial score (nSPS) is 11.3. The quantitative estimate of drug-likeness (QED) is 0.492. The molecule has 0 fully saturated rings. The minimum Gasteiger partial charge on any atom is -0.322 e. The first-order valence-electron chi connectivity index (χ1n) is 9.49. The Morgan fingerprint density at radius 3 is 2.23 bits per heavy atom. The van der Waals surface area contributed by atoms with Crippen LogP contribution in [0.4, 0.5) is 15.8 Å². The van der Waals surface area contributed by atoms with E-state index >= 15 is 0 Å². The van der Waals surface area contributed by atoms with Crippen LogP contribution < -0.4 is 9.62 Å². The maximum Gasteiger partial charge on any atom is 0.264 e. The summed E-state index contributed by atoms with van der Waals surface area (Å²) in [6.45, 7) is 5.04. The van der Waals surface area contributed by atoms with E-state index in [2.05, 4.69) is 21.2 Å². The molecule has 0 radical (unpaired) electrons. The number of carbonyl (C=O) groups is 1. The molecule has 1 N–H and O–H groups in total. The van der Waals surface area contributed by atoms with Gasteiger partial charge in [-0.15, -0.1) is 0 Å². The number of sulfonamides is 1. The Bertz CT molecular complexity index is 1230. The molecule has 3 aromatic rings. The van der Waals surface area contributed by atoms with E-state index in [9.17, 15) is 17.6 Å². The van der Waals surface area contributed by atoms with Gasteiger partial charge in [-0.25, -0.2) is 12.8 Å². The van der Waals surface area contributed by atoms with E-state index < -0.39 is 28.3 Å². The number of carbonyl (C=O) groups excluding carboxylic acids is 1. The van der Waals surface area contributed by atoms with Crippen LogP contribution in [0, 0.1) is 26.6 Å². The number of aryl methyl sites for hydroxylation is 3. The lowest BCUT2D eigenvalue weighted by Crippen LogP contribution is -2.38. The van der Waals surface area contributed by atoms with E-state index in [4.69, 9.17) is 0 Å². The first-order chi connectivity index (χ1) is 14.6. The molecule has 162 valence electrons. The number of nitrogens with zero attached hydrogens (tertiary/aromatic N) is 1. The van der Waals surface area contributed by atoms with Gasteiger partial charge in [-0.1, -0.05) is 51.3 Å². The van der Waals surface area contributed by atoms with Crippen LogP contribution in [-0.2, 0) is 14.8 Å². The lowest BCUT2D eigenvalue weighted by molar-refractivity contribution is -0.114. The van der Waals surface area contributed by atoms with Crippen LogP contribution in [0.2, 0.25) is 0 Å². The molecule has 0 spiro atoms. The number of anilines is 2. The van der Waals surface area contributed by atoms with Gasteiger partial charge in [0.15, 0.2) is 0 Å². The van der Waals surface area contributed by atoms with Gasteiger partial charge in [0.25, 0.3) is 10.0 Å². The van der Waals surface area contributed by atoms with Gasteiger partial charge in [-0.05, 0) is 62.7 Å². The standard InChI is InChI=1S/C23H22BrFN2O3S/c1-15-4-8-19(9-5-15)31(29,30)27(22-11-6-16(2)12-17(22)3)14-23(28)26-21-10-7-18(24)13-20(21)25/h4-13H,14H2,1-3H3,(H,26,28). The van der Waals surface area contributed by atoms with Crippen LogP contribution in [0.1, 0.15) is 16.7 Å².